The monoisotopic (exact) mass is 429 g/mol. The molecule has 0 radical (unpaired) electrons. The molecule has 0 bridgehead atoms. The Morgan fingerprint density at radius 1 is 1.17 bits per heavy atom. The van der Waals surface area contributed by atoms with Gasteiger partial charge in [0.25, 0.3) is 0 Å². The number of rotatable bonds is 7. The largest absolute Gasteiger partial charge is 0.380 e. The Hall–Kier alpha value is -2.60. The second-order valence-corrected chi connectivity index (χ2v) is 7.28. The molecule has 3 aromatic rings. The van der Waals surface area contributed by atoms with Crippen molar-refractivity contribution in [2.75, 3.05) is 12.4 Å². The van der Waals surface area contributed by atoms with Crippen LogP contribution in [0.15, 0.2) is 54.6 Å². The highest BCUT2D eigenvalue weighted by Crippen LogP contribution is 2.23. The van der Waals surface area contributed by atoms with E-state index in [-0.39, 0.29) is 5.91 Å². The minimum atomic E-state index is -0.255. The zero-order valence-corrected chi connectivity index (χ0v) is 17.7. The van der Waals surface area contributed by atoms with Crippen LogP contribution in [0.2, 0.25) is 10.2 Å². The van der Waals surface area contributed by atoms with Gasteiger partial charge in [0.1, 0.15) is 5.15 Å². The molecule has 0 spiro atoms. The zero-order valence-electron chi connectivity index (χ0n) is 16.2. The summed E-state index contributed by atoms with van der Waals surface area (Å²) in [6.07, 6.45) is 3.13. The topological polar surface area (TPSA) is 56.1 Å². The van der Waals surface area contributed by atoms with Crippen LogP contribution in [0.1, 0.15) is 22.4 Å². The molecule has 0 saturated carbocycles. The summed E-state index contributed by atoms with van der Waals surface area (Å²) in [5.74, 6) is -0.255. The Kier molecular flexibility index (Phi) is 7.09. The number of nitrogens with one attached hydrogen (secondary N) is 1. The van der Waals surface area contributed by atoms with Crippen LogP contribution in [0.4, 0.5) is 5.69 Å². The number of para-hydroxylation sites is 1. The van der Waals surface area contributed by atoms with Gasteiger partial charge in [-0.15, -0.1) is 0 Å². The number of hydrogen-bond acceptors (Lipinski definition) is 3. The van der Waals surface area contributed by atoms with Crippen LogP contribution in [-0.2, 0) is 22.7 Å². The van der Waals surface area contributed by atoms with Crippen molar-refractivity contribution in [3.05, 3.63) is 87.2 Å². The lowest BCUT2D eigenvalue weighted by atomic mass is 10.2. The maximum absolute atomic E-state index is 12.4. The SMILES string of the molecule is COCc1ccccc1NC(=O)/C=C/c1c(C)nn(Cc2ccc(Cl)cc2)c1Cl. The first-order chi connectivity index (χ1) is 14.0. The molecular weight excluding hydrogens is 409 g/mol. The van der Waals surface area contributed by atoms with Gasteiger partial charge in [0.15, 0.2) is 0 Å². The van der Waals surface area contributed by atoms with E-state index < -0.39 is 0 Å². The number of hydrogen-bond donors (Lipinski definition) is 1. The highest BCUT2D eigenvalue weighted by Gasteiger charge is 2.12. The summed E-state index contributed by atoms with van der Waals surface area (Å²) in [4.78, 5) is 12.4. The van der Waals surface area contributed by atoms with Crippen LogP contribution in [0, 0.1) is 6.92 Å². The summed E-state index contributed by atoms with van der Waals surface area (Å²) in [7, 11) is 1.62. The molecule has 29 heavy (non-hydrogen) atoms. The molecule has 0 aliphatic carbocycles. The third-order valence-corrected chi connectivity index (χ3v) is 4.98. The highest BCUT2D eigenvalue weighted by atomic mass is 35.5. The van der Waals surface area contributed by atoms with E-state index in [9.17, 15) is 4.79 Å². The summed E-state index contributed by atoms with van der Waals surface area (Å²) in [6.45, 7) is 2.79. The van der Waals surface area contributed by atoms with E-state index in [2.05, 4.69) is 10.4 Å². The first kappa shape index (κ1) is 21.1. The lowest BCUT2D eigenvalue weighted by Gasteiger charge is -2.08. The molecule has 1 heterocycles. The molecule has 1 aromatic heterocycles. The average molecular weight is 430 g/mol. The average Bonchev–Trinajstić information content (AvgIpc) is 2.96. The van der Waals surface area contributed by atoms with E-state index in [1.807, 2.05) is 55.5 Å². The van der Waals surface area contributed by atoms with Crippen molar-refractivity contribution in [2.45, 2.75) is 20.1 Å². The molecule has 0 atom stereocenters. The van der Waals surface area contributed by atoms with E-state index in [1.165, 1.54) is 6.08 Å². The first-order valence-corrected chi connectivity index (χ1v) is 9.76. The number of aryl methyl sites for hydroxylation is 1. The van der Waals surface area contributed by atoms with Crippen molar-refractivity contribution in [2.24, 2.45) is 0 Å². The van der Waals surface area contributed by atoms with Crippen molar-refractivity contribution < 1.29 is 9.53 Å². The van der Waals surface area contributed by atoms with Crippen molar-refractivity contribution in [1.29, 1.82) is 0 Å². The van der Waals surface area contributed by atoms with Crippen LogP contribution in [-0.4, -0.2) is 22.8 Å². The Labute approximate surface area is 179 Å². The predicted octanol–water partition coefficient (Wildman–Crippen LogP) is 5.34. The van der Waals surface area contributed by atoms with Crippen LogP contribution in [0.25, 0.3) is 6.08 Å². The van der Waals surface area contributed by atoms with Gasteiger partial charge in [0.2, 0.25) is 5.91 Å². The number of amides is 1. The number of carbonyl (C=O) groups is 1. The third kappa shape index (κ3) is 5.48. The number of carbonyl (C=O) groups excluding carboxylic acids is 1. The predicted molar refractivity (Wildman–Crippen MR) is 117 cm³/mol. The fourth-order valence-corrected chi connectivity index (χ4v) is 3.30. The molecule has 1 amide bonds. The molecule has 2 aromatic carbocycles. The quantitative estimate of drug-likeness (QED) is 0.515. The van der Waals surface area contributed by atoms with Gasteiger partial charge in [-0.25, -0.2) is 4.68 Å². The molecule has 7 heteroatoms. The van der Waals surface area contributed by atoms with Crippen LogP contribution in [0.3, 0.4) is 0 Å². The Morgan fingerprint density at radius 2 is 1.90 bits per heavy atom. The zero-order chi connectivity index (χ0) is 20.8. The molecule has 0 saturated heterocycles. The van der Waals surface area contributed by atoms with Gasteiger partial charge in [-0.1, -0.05) is 53.5 Å². The number of nitrogens with zero attached hydrogens (tertiary/aromatic N) is 2. The Morgan fingerprint density at radius 3 is 2.62 bits per heavy atom. The number of methoxy groups -OCH3 is 1. The van der Waals surface area contributed by atoms with Crippen LogP contribution >= 0.6 is 23.2 Å². The van der Waals surface area contributed by atoms with Gasteiger partial charge in [0.05, 0.1) is 18.8 Å². The fourth-order valence-electron chi connectivity index (χ4n) is 2.88. The lowest BCUT2D eigenvalue weighted by Crippen LogP contribution is -2.10. The standard InChI is InChI=1S/C22H21Cl2N3O2/c1-15-19(22(24)27(26-15)13-16-7-9-18(23)10-8-16)11-12-21(28)25-20-6-4-3-5-17(20)14-29-2/h3-12H,13-14H2,1-2H3,(H,25,28)/b12-11+. The summed E-state index contributed by atoms with van der Waals surface area (Å²) in [5, 5.41) is 8.50. The van der Waals surface area contributed by atoms with Crippen molar-refractivity contribution in [3.8, 4) is 0 Å². The fraction of sp³-hybridized carbons (Fsp3) is 0.182. The second-order valence-electron chi connectivity index (χ2n) is 6.49. The Bertz CT molecular complexity index is 1030. The molecular formula is C22H21Cl2N3O2. The molecule has 0 aliphatic heterocycles. The first-order valence-electron chi connectivity index (χ1n) is 9.01. The van der Waals surface area contributed by atoms with Gasteiger partial charge in [-0.2, -0.15) is 5.10 Å². The van der Waals surface area contributed by atoms with Gasteiger partial charge in [-0.3, -0.25) is 4.79 Å². The van der Waals surface area contributed by atoms with E-state index in [4.69, 9.17) is 27.9 Å². The smallest absolute Gasteiger partial charge is 0.248 e. The number of halogens is 2. The number of ether oxygens (including phenoxy) is 1. The number of benzene rings is 2. The van der Waals surface area contributed by atoms with Crippen LogP contribution in [0.5, 0.6) is 0 Å². The summed E-state index contributed by atoms with van der Waals surface area (Å²) in [6, 6.07) is 15.0. The maximum atomic E-state index is 12.4. The molecule has 0 unspecified atom stereocenters. The Balaban J connectivity index is 1.73. The maximum Gasteiger partial charge on any atom is 0.248 e. The van der Waals surface area contributed by atoms with Gasteiger partial charge >= 0.3 is 0 Å². The summed E-state index contributed by atoms with van der Waals surface area (Å²) in [5.41, 5.74) is 4.10. The van der Waals surface area contributed by atoms with Crippen molar-refractivity contribution in [3.63, 3.8) is 0 Å². The summed E-state index contributed by atoms with van der Waals surface area (Å²) >= 11 is 12.4. The van der Waals surface area contributed by atoms with Crippen LogP contribution < -0.4 is 5.32 Å². The normalized spacial score (nSPS) is 11.2. The van der Waals surface area contributed by atoms with Gasteiger partial charge < -0.3 is 10.1 Å². The van der Waals surface area contributed by atoms with Crippen molar-refractivity contribution in [1.82, 2.24) is 9.78 Å². The molecule has 150 valence electrons. The van der Waals surface area contributed by atoms with E-state index in [0.29, 0.717) is 34.6 Å². The highest BCUT2D eigenvalue weighted by molar-refractivity contribution is 6.31. The third-order valence-electron chi connectivity index (χ3n) is 4.33. The van der Waals surface area contributed by atoms with E-state index in [1.54, 1.807) is 17.9 Å². The summed E-state index contributed by atoms with van der Waals surface area (Å²) < 4.78 is 6.86. The molecule has 0 fully saturated rings. The molecule has 5 nitrogen and oxygen atoms in total. The van der Waals surface area contributed by atoms with E-state index in [0.717, 1.165) is 16.8 Å². The number of anilines is 1. The molecule has 0 aliphatic rings. The van der Waals surface area contributed by atoms with Gasteiger partial charge in [-0.05, 0) is 36.8 Å². The molecule has 1 N–H and O–H groups in total. The lowest BCUT2D eigenvalue weighted by molar-refractivity contribution is -0.111. The second kappa shape index (κ2) is 9.74. The number of aromatic nitrogens is 2. The molecule has 3 rings (SSSR count). The minimum absolute atomic E-state index is 0.255. The van der Waals surface area contributed by atoms with E-state index >= 15 is 0 Å². The van der Waals surface area contributed by atoms with Gasteiger partial charge in [0, 0.05) is 35.0 Å². The van der Waals surface area contributed by atoms with Crippen molar-refractivity contribution >= 4 is 40.9 Å². The minimum Gasteiger partial charge on any atom is -0.380 e.